The first kappa shape index (κ1) is 10.2. The second-order valence-electron chi connectivity index (χ2n) is 3.78. The van der Waals surface area contributed by atoms with Gasteiger partial charge in [0, 0.05) is 4.88 Å². The lowest BCUT2D eigenvalue weighted by Crippen LogP contribution is -2.27. The number of rotatable bonds is 2. The van der Waals surface area contributed by atoms with E-state index < -0.39 is 5.41 Å². The van der Waals surface area contributed by atoms with Crippen molar-refractivity contribution in [2.75, 3.05) is 0 Å². The zero-order valence-electron chi connectivity index (χ0n) is 8.16. The summed E-state index contributed by atoms with van der Waals surface area (Å²) in [6.07, 6.45) is 0. The minimum absolute atomic E-state index is 0.183. The molecule has 1 rings (SSSR count). The Balaban J connectivity index is 3.00. The molecule has 0 saturated carbocycles. The lowest BCUT2D eigenvalue weighted by Gasteiger charge is -2.23. The van der Waals surface area contributed by atoms with E-state index in [4.69, 9.17) is 11.0 Å². The summed E-state index contributed by atoms with van der Waals surface area (Å²) >= 11 is 1.62. The Kier molecular flexibility index (Phi) is 2.74. The fourth-order valence-corrected chi connectivity index (χ4v) is 2.21. The summed E-state index contributed by atoms with van der Waals surface area (Å²) in [4.78, 5) is 1.12. The van der Waals surface area contributed by atoms with Crippen molar-refractivity contribution in [1.82, 2.24) is 0 Å². The summed E-state index contributed by atoms with van der Waals surface area (Å²) in [5.74, 6) is 0. The van der Waals surface area contributed by atoms with Gasteiger partial charge in [-0.2, -0.15) is 5.26 Å². The molecule has 0 spiro atoms. The Labute approximate surface area is 83.0 Å². The molecule has 0 aliphatic rings. The van der Waals surface area contributed by atoms with E-state index in [0.29, 0.717) is 0 Å². The van der Waals surface area contributed by atoms with Crippen molar-refractivity contribution in [2.45, 2.75) is 26.8 Å². The molecule has 0 aliphatic carbocycles. The quantitative estimate of drug-likeness (QED) is 0.786. The van der Waals surface area contributed by atoms with Crippen LogP contribution in [0.2, 0.25) is 0 Å². The molecule has 0 amide bonds. The monoisotopic (exact) mass is 194 g/mol. The molecule has 0 bridgehead atoms. The lowest BCUT2D eigenvalue weighted by atomic mass is 9.85. The fraction of sp³-hybridized carbons (Fsp3) is 0.500. The molecule has 13 heavy (non-hydrogen) atoms. The van der Waals surface area contributed by atoms with Gasteiger partial charge in [0.05, 0.1) is 17.5 Å². The molecule has 0 saturated heterocycles. The number of nitrogens with zero attached hydrogens (tertiary/aromatic N) is 1. The first-order valence-electron chi connectivity index (χ1n) is 4.20. The summed E-state index contributed by atoms with van der Waals surface area (Å²) in [5.41, 5.74) is 6.71. The summed E-state index contributed by atoms with van der Waals surface area (Å²) in [5, 5.41) is 10.9. The molecule has 1 unspecified atom stereocenters. The zero-order chi connectivity index (χ0) is 10.1. The van der Waals surface area contributed by atoms with E-state index in [2.05, 4.69) is 6.07 Å². The van der Waals surface area contributed by atoms with Crippen molar-refractivity contribution in [2.24, 2.45) is 11.1 Å². The number of hydrogen-bond donors (Lipinski definition) is 1. The average Bonchev–Trinajstić information content (AvgIpc) is 2.50. The number of hydrogen-bond acceptors (Lipinski definition) is 3. The van der Waals surface area contributed by atoms with Gasteiger partial charge in [0.15, 0.2) is 0 Å². The molecule has 1 aromatic heterocycles. The van der Waals surface area contributed by atoms with E-state index in [-0.39, 0.29) is 6.04 Å². The third-order valence-corrected chi connectivity index (χ3v) is 3.35. The SMILES string of the molecule is Cc1ccsc1C(N)C(C)(C)C#N. The van der Waals surface area contributed by atoms with Crippen LogP contribution in [0.5, 0.6) is 0 Å². The van der Waals surface area contributed by atoms with Crippen molar-refractivity contribution in [3.63, 3.8) is 0 Å². The van der Waals surface area contributed by atoms with Crippen LogP contribution in [0.3, 0.4) is 0 Å². The normalized spacial score (nSPS) is 13.8. The number of nitrogens with two attached hydrogens (primary N) is 1. The largest absolute Gasteiger partial charge is 0.322 e. The summed E-state index contributed by atoms with van der Waals surface area (Å²) in [7, 11) is 0. The molecule has 2 N–H and O–H groups in total. The van der Waals surface area contributed by atoms with Crippen LogP contribution in [0.25, 0.3) is 0 Å². The van der Waals surface area contributed by atoms with Gasteiger partial charge in [-0.25, -0.2) is 0 Å². The molecule has 70 valence electrons. The van der Waals surface area contributed by atoms with E-state index in [1.807, 2.05) is 32.2 Å². The smallest absolute Gasteiger partial charge is 0.0718 e. The molecule has 1 aromatic rings. The number of thiophene rings is 1. The van der Waals surface area contributed by atoms with Crippen molar-refractivity contribution in [3.05, 3.63) is 21.9 Å². The van der Waals surface area contributed by atoms with Gasteiger partial charge in [0.1, 0.15) is 0 Å². The topological polar surface area (TPSA) is 49.8 Å². The van der Waals surface area contributed by atoms with Crippen LogP contribution in [-0.2, 0) is 0 Å². The molecular weight excluding hydrogens is 180 g/mol. The molecule has 1 heterocycles. The lowest BCUT2D eigenvalue weighted by molar-refractivity contribution is 0.397. The third kappa shape index (κ3) is 1.90. The first-order chi connectivity index (χ1) is 5.99. The van der Waals surface area contributed by atoms with Gasteiger partial charge >= 0.3 is 0 Å². The Morgan fingerprint density at radius 3 is 2.62 bits per heavy atom. The van der Waals surface area contributed by atoms with E-state index in [9.17, 15) is 0 Å². The third-order valence-electron chi connectivity index (χ3n) is 2.25. The van der Waals surface area contributed by atoms with Gasteiger partial charge < -0.3 is 5.73 Å². The zero-order valence-corrected chi connectivity index (χ0v) is 8.98. The Morgan fingerprint density at radius 2 is 2.23 bits per heavy atom. The molecule has 0 radical (unpaired) electrons. The highest BCUT2D eigenvalue weighted by atomic mass is 32.1. The predicted octanol–water partition coefficient (Wildman–Crippen LogP) is 2.61. The van der Waals surface area contributed by atoms with E-state index >= 15 is 0 Å². The van der Waals surface area contributed by atoms with Gasteiger partial charge in [0.2, 0.25) is 0 Å². The number of nitriles is 1. The fourth-order valence-electron chi connectivity index (χ4n) is 1.10. The maximum atomic E-state index is 8.93. The van der Waals surface area contributed by atoms with Gasteiger partial charge in [-0.05, 0) is 37.8 Å². The van der Waals surface area contributed by atoms with Crippen LogP contribution >= 0.6 is 11.3 Å². The van der Waals surface area contributed by atoms with Crippen molar-refractivity contribution in [1.29, 1.82) is 5.26 Å². The first-order valence-corrected chi connectivity index (χ1v) is 5.08. The van der Waals surface area contributed by atoms with Gasteiger partial charge in [-0.3, -0.25) is 0 Å². The summed E-state index contributed by atoms with van der Waals surface area (Å²) in [6.45, 7) is 5.77. The van der Waals surface area contributed by atoms with E-state index in [0.717, 1.165) is 4.88 Å². The highest BCUT2D eigenvalue weighted by Gasteiger charge is 2.29. The molecule has 3 heteroatoms. The summed E-state index contributed by atoms with van der Waals surface area (Å²) < 4.78 is 0. The molecule has 0 fully saturated rings. The standard InChI is InChI=1S/C10H14N2S/c1-7-4-5-13-8(7)9(12)10(2,3)6-11/h4-5,9H,12H2,1-3H3. The van der Waals surface area contributed by atoms with Crippen LogP contribution in [0, 0.1) is 23.7 Å². The average molecular weight is 194 g/mol. The van der Waals surface area contributed by atoms with Gasteiger partial charge in [-0.1, -0.05) is 0 Å². The van der Waals surface area contributed by atoms with Gasteiger partial charge in [-0.15, -0.1) is 11.3 Å². The van der Waals surface area contributed by atoms with Crippen LogP contribution < -0.4 is 5.73 Å². The Hall–Kier alpha value is -0.850. The van der Waals surface area contributed by atoms with Crippen LogP contribution in [-0.4, -0.2) is 0 Å². The van der Waals surface area contributed by atoms with Crippen LogP contribution in [0.15, 0.2) is 11.4 Å². The second-order valence-corrected chi connectivity index (χ2v) is 4.73. The highest BCUT2D eigenvalue weighted by Crippen LogP contribution is 2.34. The minimum atomic E-state index is -0.490. The van der Waals surface area contributed by atoms with Crippen molar-refractivity contribution < 1.29 is 0 Å². The van der Waals surface area contributed by atoms with E-state index in [1.165, 1.54) is 5.56 Å². The minimum Gasteiger partial charge on any atom is -0.322 e. The second kappa shape index (κ2) is 3.49. The van der Waals surface area contributed by atoms with Crippen LogP contribution in [0.4, 0.5) is 0 Å². The van der Waals surface area contributed by atoms with E-state index in [1.54, 1.807) is 11.3 Å². The maximum Gasteiger partial charge on any atom is 0.0718 e. The van der Waals surface area contributed by atoms with Crippen molar-refractivity contribution in [3.8, 4) is 6.07 Å². The van der Waals surface area contributed by atoms with Crippen LogP contribution in [0.1, 0.15) is 30.3 Å². The highest BCUT2D eigenvalue weighted by molar-refractivity contribution is 7.10. The maximum absolute atomic E-state index is 8.93. The molecule has 0 aliphatic heterocycles. The molecule has 2 nitrogen and oxygen atoms in total. The molecular formula is C10H14N2S. The summed E-state index contributed by atoms with van der Waals surface area (Å²) in [6, 6.07) is 4.09. The van der Waals surface area contributed by atoms with Gasteiger partial charge in [0.25, 0.3) is 0 Å². The molecule has 1 atom stereocenters. The predicted molar refractivity (Wildman–Crippen MR) is 55.4 cm³/mol. The molecule has 0 aromatic carbocycles. The Bertz CT molecular complexity index is 333. The van der Waals surface area contributed by atoms with Crippen molar-refractivity contribution >= 4 is 11.3 Å². The Morgan fingerprint density at radius 1 is 1.62 bits per heavy atom. The number of aryl methyl sites for hydroxylation is 1.